The zero-order valence-electron chi connectivity index (χ0n) is 16.8. The Bertz CT molecular complexity index is 970. The van der Waals surface area contributed by atoms with E-state index in [1.165, 1.54) is 4.31 Å². The van der Waals surface area contributed by atoms with Crippen molar-refractivity contribution in [3.8, 4) is 5.75 Å². The number of benzene rings is 2. The Hall–Kier alpha value is -2.58. The molecule has 1 fully saturated rings. The molecule has 8 heteroatoms. The fraction of sp³-hybridized carbons (Fsp3) is 0.381. The van der Waals surface area contributed by atoms with Crippen LogP contribution in [0.4, 0.5) is 11.4 Å². The van der Waals surface area contributed by atoms with Gasteiger partial charge >= 0.3 is 0 Å². The number of methoxy groups -OCH3 is 1. The van der Waals surface area contributed by atoms with Crippen LogP contribution in [0.1, 0.15) is 24.8 Å². The Morgan fingerprint density at radius 3 is 2.59 bits per heavy atom. The molecule has 1 saturated heterocycles. The maximum atomic E-state index is 12.8. The van der Waals surface area contributed by atoms with Gasteiger partial charge in [-0.1, -0.05) is 18.6 Å². The number of nitrogens with zero attached hydrogens (tertiary/aromatic N) is 1. The lowest BCUT2D eigenvalue weighted by Gasteiger charge is -2.26. The van der Waals surface area contributed by atoms with Crippen molar-refractivity contribution in [2.45, 2.75) is 31.1 Å². The smallest absolute Gasteiger partial charge is 0.243 e. The van der Waals surface area contributed by atoms with Gasteiger partial charge < -0.3 is 15.4 Å². The normalized spacial score (nSPS) is 15.0. The van der Waals surface area contributed by atoms with Gasteiger partial charge in [-0.3, -0.25) is 4.79 Å². The Morgan fingerprint density at radius 2 is 1.86 bits per heavy atom. The van der Waals surface area contributed by atoms with Crippen LogP contribution in [0, 0.1) is 6.92 Å². The average Bonchev–Trinajstić information content (AvgIpc) is 2.73. The van der Waals surface area contributed by atoms with Crippen LogP contribution in [0.15, 0.2) is 47.4 Å². The van der Waals surface area contributed by atoms with E-state index >= 15 is 0 Å². The largest absolute Gasteiger partial charge is 0.495 e. The zero-order valence-corrected chi connectivity index (χ0v) is 17.6. The molecule has 0 aromatic heterocycles. The number of sulfonamides is 1. The summed E-state index contributed by atoms with van der Waals surface area (Å²) < 4.78 is 32.5. The molecule has 2 aromatic rings. The SMILES string of the molecule is COc1ccc(C)cc1NC(=O)CNc1cccc(S(=O)(=O)N2CCCCC2)c1. The first-order chi connectivity index (χ1) is 13.9. The first-order valence-corrected chi connectivity index (χ1v) is 11.1. The summed E-state index contributed by atoms with van der Waals surface area (Å²) in [5, 5.41) is 5.81. The molecule has 1 aliphatic rings. The number of rotatable bonds is 7. The number of piperidine rings is 1. The Morgan fingerprint density at radius 1 is 1.10 bits per heavy atom. The summed E-state index contributed by atoms with van der Waals surface area (Å²) in [4.78, 5) is 12.6. The van der Waals surface area contributed by atoms with Crippen LogP contribution < -0.4 is 15.4 Å². The van der Waals surface area contributed by atoms with Crippen molar-refractivity contribution < 1.29 is 17.9 Å². The van der Waals surface area contributed by atoms with E-state index < -0.39 is 10.0 Å². The van der Waals surface area contributed by atoms with Gasteiger partial charge in [-0.2, -0.15) is 4.31 Å². The molecule has 0 aliphatic carbocycles. The second-order valence-electron chi connectivity index (χ2n) is 7.10. The van der Waals surface area contributed by atoms with Crippen molar-refractivity contribution >= 4 is 27.3 Å². The number of anilines is 2. The number of ether oxygens (including phenoxy) is 1. The van der Waals surface area contributed by atoms with Crippen LogP contribution in [0.3, 0.4) is 0 Å². The number of aryl methyl sites for hydroxylation is 1. The number of hydrogen-bond acceptors (Lipinski definition) is 5. The lowest BCUT2D eigenvalue weighted by atomic mass is 10.2. The Labute approximate surface area is 172 Å². The maximum Gasteiger partial charge on any atom is 0.243 e. The fourth-order valence-electron chi connectivity index (χ4n) is 3.32. The molecule has 2 N–H and O–H groups in total. The third kappa shape index (κ3) is 5.27. The van der Waals surface area contributed by atoms with E-state index in [0.717, 1.165) is 24.8 Å². The average molecular weight is 418 g/mol. The summed E-state index contributed by atoms with van der Waals surface area (Å²) in [5.74, 6) is 0.330. The van der Waals surface area contributed by atoms with Crippen molar-refractivity contribution in [1.82, 2.24) is 4.31 Å². The number of hydrogen-bond donors (Lipinski definition) is 2. The van der Waals surface area contributed by atoms with E-state index in [4.69, 9.17) is 4.74 Å². The monoisotopic (exact) mass is 417 g/mol. The van der Waals surface area contributed by atoms with Crippen molar-refractivity contribution in [2.24, 2.45) is 0 Å². The van der Waals surface area contributed by atoms with Crippen LogP contribution in [0.2, 0.25) is 0 Å². The summed E-state index contributed by atoms with van der Waals surface area (Å²) in [5.41, 5.74) is 2.18. The van der Waals surface area contributed by atoms with Crippen molar-refractivity contribution in [3.63, 3.8) is 0 Å². The first kappa shape index (κ1) is 21.1. The van der Waals surface area contributed by atoms with Crippen molar-refractivity contribution in [2.75, 3.05) is 37.4 Å². The molecule has 0 saturated carbocycles. The summed E-state index contributed by atoms with van der Waals surface area (Å²) in [6.07, 6.45) is 2.84. The highest BCUT2D eigenvalue weighted by Crippen LogP contribution is 2.25. The highest BCUT2D eigenvalue weighted by Gasteiger charge is 2.26. The van der Waals surface area contributed by atoms with E-state index in [-0.39, 0.29) is 17.3 Å². The molecule has 0 atom stereocenters. The molecule has 0 radical (unpaired) electrons. The number of amides is 1. The van der Waals surface area contributed by atoms with E-state index in [1.807, 2.05) is 19.1 Å². The van der Waals surface area contributed by atoms with Crippen LogP contribution >= 0.6 is 0 Å². The minimum Gasteiger partial charge on any atom is -0.495 e. The van der Waals surface area contributed by atoms with Crippen LogP contribution in [-0.2, 0) is 14.8 Å². The summed E-state index contributed by atoms with van der Waals surface area (Å²) in [6.45, 7) is 3.05. The highest BCUT2D eigenvalue weighted by molar-refractivity contribution is 7.89. The molecular formula is C21H27N3O4S. The van der Waals surface area contributed by atoms with Crippen molar-refractivity contribution in [1.29, 1.82) is 0 Å². The molecule has 2 aromatic carbocycles. The molecule has 0 spiro atoms. The first-order valence-electron chi connectivity index (χ1n) is 9.69. The third-order valence-electron chi connectivity index (χ3n) is 4.87. The molecule has 29 heavy (non-hydrogen) atoms. The minimum absolute atomic E-state index is 0.00428. The maximum absolute atomic E-state index is 12.8. The van der Waals surface area contributed by atoms with Gasteiger partial charge in [0.1, 0.15) is 5.75 Å². The van der Waals surface area contributed by atoms with E-state index in [0.29, 0.717) is 30.2 Å². The topological polar surface area (TPSA) is 87.7 Å². The van der Waals surface area contributed by atoms with Gasteiger partial charge in [0.15, 0.2) is 0 Å². The van der Waals surface area contributed by atoms with E-state index in [2.05, 4.69) is 10.6 Å². The standard InChI is InChI=1S/C21H27N3O4S/c1-16-9-10-20(28-2)19(13-16)23-21(25)15-22-17-7-6-8-18(14-17)29(26,27)24-11-4-3-5-12-24/h6-10,13-14,22H,3-5,11-12,15H2,1-2H3,(H,23,25). The van der Waals surface area contributed by atoms with E-state index in [1.54, 1.807) is 37.4 Å². The second kappa shape index (κ2) is 9.28. The summed E-state index contributed by atoms with van der Waals surface area (Å²) in [7, 11) is -1.96. The Kier molecular flexibility index (Phi) is 6.76. The van der Waals surface area contributed by atoms with Crippen molar-refractivity contribution in [3.05, 3.63) is 48.0 Å². The van der Waals surface area contributed by atoms with Crippen LogP contribution in [-0.4, -0.2) is 45.4 Å². The molecule has 7 nitrogen and oxygen atoms in total. The summed E-state index contributed by atoms with van der Waals surface area (Å²) >= 11 is 0. The zero-order chi connectivity index (χ0) is 20.9. The third-order valence-corrected chi connectivity index (χ3v) is 6.76. The molecule has 3 rings (SSSR count). The molecule has 0 bridgehead atoms. The summed E-state index contributed by atoms with van der Waals surface area (Å²) in [6, 6.07) is 12.1. The van der Waals surface area contributed by atoms with Gasteiger partial charge in [0.05, 0.1) is 24.2 Å². The van der Waals surface area contributed by atoms with E-state index in [9.17, 15) is 13.2 Å². The minimum atomic E-state index is -3.51. The molecule has 1 aliphatic heterocycles. The predicted molar refractivity (Wildman–Crippen MR) is 114 cm³/mol. The molecule has 1 heterocycles. The number of carbonyl (C=O) groups excluding carboxylic acids is 1. The van der Waals surface area contributed by atoms with Gasteiger partial charge in [0, 0.05) is 18.8 Å². The molecule has 1 amide bonds. The van der Waals surface area contributed by atoms with Gasteiger partial charge in [0.2, 0.25) is 15.9 Å². The lowest BCUT2D eigenvalue weighted by Crippen LogP contribution is -2.35. The fourth-order valence-corrected chi connectivity index (χ4v) is 4.88. The highest BCUT2D eigenvalue weighted by atomic mass is 32.2. The van der Waals surface area contributed by atoms with Crippen LogP contribution in [0.25, 0.3) is 0 Å². The lowest BCUT2D eigenvalue weighted by molar-refractivity contribution is -0.114. The quantitative estimate of drug-likeness (QED) is 0.722. The predicted octanol–water partition coefficient (Wildman–Crippen LogP) is 3.23. The van der Waals surface area contributed by atoms with Crippen LogP contribution in [0.5, 0.6) is 5.75 Å². The van der Waals surface area contributed by atoms with Gasteiger partial charge in [-0.25, -0.2) is 8.42 Å². The molecule has 156 valence electrons. The Balaban J connectivity index is 1.65. The second-order valence-corrected chi connectivity index (χ2v) is 9.04. The van der Waals surface area contributed by atoms with Gasteiger partial charge in [0.25, 0.3) is 0 Å². The number of carbonyl (C=O) groups is 1. The number of nitrogens with one attached hydrogen (secondary N) is 2. The van der Waals surface area contributed by atoms with Gasteiger partial charge in [-0.15, -0.1) is 0 Å². The van der Waals surface area contributed by atoms with Gasteiger partial charge in [-0.05, 0) is 55.7 Å². The molecular weight excluding hydrogens is 390 g/mol. The molecule has 0 unspecified atom stereocenters.